The molecule has 274 valence electrons. The summed E-state index contributed by atoms with van der Waals surface area (Å²) < 4.78 is 0. The van der Waals surface area contributed by atoms with Gasteiger partial charge in [0.25, 0.3) is 0 Å². The monoisotopic (exact) mass is 747 g/mol. The molecule has 0 fully saturated rings. The summed E-state index contributed by atoms with van der Waals surface area (Å²) in [6, 6.07) is 71.3. The largest absolute Gasteiger partial charge is 0.192 e. The Balaban J connectivity index is 1.04. The summed E-state index contributed by atoms with van der Waals surface area (Å²) in [6.07, 6.45) is 0. The fourth-order valence-corrected chi connectivity index (χ4v) is 10.4. The molecule has 1 heteroatoms. The number of nitriles is 1. The van der Waals surface area contributed by atoms with Gasteiger partial charge in [0.1, 0.15) is 0 Å². The lowest BCUT2D eigenvalue weighted by Crippen LogP contribution is -2.23. The Hall–Kier alpha value is -7.53. The Morgan fingerprint density at radius 2 is 0.831 bits per heavy atom. The summed E-state index contributed by atoms with van der Waals surface area (Å²) in [6.45, 7) is 4.82. The molecular weight excluding hydrogens is 711 g/mol. The minimum absolute atomic E-state index is 0.230. The molecule has 0 aliphatic heterocycles. The molecule has 0 unspecified atom stereocenters. The van der Waals surface area contributed by atoms with Crippen LogP contribution in [-0.2, 0) is 5.41 Å². The summed E-state index contributed by atoms with van der Waals surface area (Å²) in [5, 5.41) is 17.0. The fraction of sp³-hybridized carbons (Fsp3) is 0.0517. The summed E-state index contributed by atoms with van der Waals surface area (Å²) in [4.78, 5) is 0. The topological polar surface area (TPSA) is 23.8 Å². The molecule has 1 nitrogen and oxygen atoms in total. The lowest BCUT2D eigenvalue weighted by atomic mass is 9.67. The predicted molar refractivity (Wildman–Crippen MR) is 247 cm³/mol. The first-order valence-corrected chi connectivity index (χ1v) is 20.5. The van der Waals surface area contributed by atoms with E-state index in [2.05, 4.69) is 184 Å². The maximum absolute atomic E-state index is 9.25. The van der Waals surface area contributed by atoms with Crippen molar-refractivity contribution >= 4 is 32.3 Å². The molecule has 0 amide bonds. The number of benzene rings is 10. The standard InChI is InChI=1S/C58H37N/c1-58(2)50-30-29-49-54-48(56-52(37-11-5-3-6-12-37)45-15-9-10-16-46(45)53(57(49)56)38-13-7-4-8-14-38)28-27-47(55(50)54)44-26-25-43(33-51(44)58)42-24-23-40-31-39(21-22-41(40)32-42)36-19-17-35(34-59)18-20-36/h3-33H,1-2H3. The van der Waals surface area contributed by atoms with Gasteiger partial charge in [0.15, 0.2) is 0 Å². The molecule has 0 spiro atoms. The second kappa shape index (κ2) is 12.5. The SMILES string of the molecule is CC1(C)c2cc(-c3ccc4cc(-c5ccc(C#N)cc5)ccc4c3)ccc2-c2ccc3c4c(ccc1c24)-c1c-3c(-c2ccccc2)c2ccccc2c1-c1ccccc1. The van der Waals surface area contributed by atoms with E-state index in [4.69, 9.17) is 0 Å². The van der Waals surface area contributed by atoms with Crippen molar-refractivity contribution in [1.29, 1.82) is 5.26 Å². The molecule has 0 aromatic heterocycles. The van der Waals surface area contributed by atoms with E-state index < -0.39 is 0 Å². The number of rotatable bonds is 4. The summed E-state index contributed by atoms with van der Waals surface area (Å²) in [7, 11) is 0. The van der Waals surface area contributed by atoms with Crippen LogP contribution in [0.15, 0.2) is 188 Å². The van der Waals surface area contributed by atoms with Crippen molar-refractivity contribution in [2.75, 3.05) is 0 Å². The van der Waals surface area contributed by atoms with E-state index in [1.165, 1.54) is 110 Å². The summed E-state index contributed by atoms with van der Waals surface area (Å²) >= 11 is 0. The zero-order valence-corrected chi connectivity index (χ0v) is 32.8. The minimum atomic E-state index is -0.230. The highest BCUT2D eigenvalue weighted by Gasteiger charge is 2.38. The third kappa shape index (κ3) is 4.84. The third-order valence-electron chi connectivity index (χ3n) is 13.2. The molecule has 0 atom stereocenters. The van der Waals surface area contributed by atoms with Crippen LogP contribution in [0.2, 0.25) is 0 Å². The van der Waals surface area contributed by atoms with Crippen LogP contribution in [0.4, 0.5) is 0 Å². The van der Waals surface area contributed by atoms with Crippen molar-refractivity contribution in [1.82, 2.24) is 0 Å². The molecule has 0 N–H and O–H groups in total. The average molecular weight is 748 g/mol. The van der Waals surface area contributed by atoms with Gasteiger partial charge in [-0.3, -0.25) is 0 Å². The second-order valence-electron chi connectivity index (χ2n) is 16.7. The number of hydrogen-bond acceptors (Lipinski definition) is 1. The van der Waals surface area contributed by atoms with E-state index in [0.717, 1.165) is 11.1 Å². The van der Waals surface area contributed by atoms with Gasteiger partial charge in [0.05, 0.1) is 11.6 Å². The quantitative estimate of drug-likeness (QED) is 0.176. The molecule has 0 bridgehead atoms. The Bertz CT molecular complexity index is 3340. The van der Waals surface area contributed by atoms with Gasteiger partial charge in [-0.1, -0.05) is 172 Å². The normalized spacial score (nSPS) is 13.0. The molecule has 59 heavy (non-hydrogen) atoms. The first-order chi connectivity index (χ1) is 29.0. The maximum atomic E-state index is 9.25. The van der Waals surface area contributed by atoms with E-state index >= 15 is 0 Å². The number of fused-ring (bicyclic) bond motifs is 7. The van der Waals surface area contributed by atoms with Gasteiger partial charge < -0.3 is 0 Å². The zero-order chi connectivity index (χ0) is 39.4. The number of hydrogen-bond donors (Lipinski definition) is 0. The molecule has 10 aromatic rings. The van der Waals surface area contributed by atoms with Gasteiger partial charge in [-0.2, -0.15) is 5.26 Å². The van der Waals surface area contributed by atoms with Crippen LogP contribution in [0.25, 0.3) is 110 Å². The predicted octanol–water partition coefficient (Wildman–Crippen LogP) is 15.6. The highest BCUT2D eigenvalue weighted by molar-refractivity contribution is 6.29. The van der Waals surface area contributed by atoms with Gasteiger partial charge in [-0.15, -0.1) is 0 Å². The van der Waals surface area contributed by atoms with Crippen molar-refractivity contribution in [3.63, 3.8) is 0 Å². The molecule has 12 rings (SSSR count). The van der Waals surface area contributed by atoms with Crippen molar-refractivity contribution in [2.24, 2.45) is 0 Å². The summed E-state index contributed by atoms with van der Waals surface area (Å²) in [5.74, 6) is 0. The van der Waals surface area contributed by atoms with Gasteiger partial charge in [0, 0.05) is 5.41 Å². The first-order valence-electron chi connectivity index (χ1n) is 20.5. The average Bonchev–Trinajstić information content (AvgIpc) is 3.62. The van der Waals surface area contributed by atoms with Crippen molar-refractivity contribution in [3.05, 3.63) is 205 Å². The lowest BCUT2D eigenvalue weighted by Gasteiger charge is -2.36. The second-order valence-corrected chi connectivity index (χ2v) is 16.7. The lowest BCUT2D eigenvalue weighted by molar-refractivity contribution is 0.645. The Morgan fingerprint density at radius 3 is 1.42 bits per heavy atom. The molecule has 0 saturated heterocycles. The smallest absolute Gasteiger partial charge is 0.0991 e. The number of nitrogens with zero attached hydrogens (tertiary/aromatic N) is 1. The van der Waals surface area contributed by atoms with Crippen LogP contribution >= 0.6 is 0 Å². The minimum Gasteiger partial charge on any atom is -0.192 e. The van der Waals surface area contributed by atoms with Crippen LogP contribution in [0.3, 0.4) is 0 Å². The zero-order valence-electron chi connectivity index (χ0n) is 32.8. The van der Waals surface area contributed by atoms with Gasteiger partial charge >= 0.3 is 0 Å². The molecule has 0 saturated carbocycles. The van der Waals surface area contributed by atoms with E-state index in [1.807, 2.05) is 24.3 Å². The van der Waals surface area contributed by atoms with Crippen molar-refractivity contribution in [3.8, 4) is 84.0 Å². The van der Waals surface area contributed by atoms with Crippen LogP contribution < -0.4 is 0 Å². The maximum Gasteiger partial charge on any atom is 0.0991 e. The molecular formula is C58H37N. The van der Waals surface area contributed by atoms with Crippen LogP contribution in [0.1, 0.15) is 30.5 Å². The first kappa shape index (κ1) is 33.6. The molecule has 10 aromatic carbocycles. The van der Waals surface area contributed by atoms with Crippen molar-refractivity contribution in [2.45, 2.75) is 19.3 Å². The van der Waals surface area contributed by atoms with Gasteiger partial charge in [0.2, 0.25) is 0 Å². The van der Waals surface area contributed by atoms with E-state index in [1.54, 1.807) is 0 Å². The van der Waals surface area contributed by atoms with E-state index in [9.17, 15) is 5.26 Å². The van der Waals surface area contributed by atoms with Crippen molar-refractivity contribution < 1.29 is 0 Å². The highest BCUT2D eigenvalue weighted by atomic mass is 14.4. The Labute approximate surface area is 344 Å². The van der Waals surface area contributed by atoms with Crippen LogP contribution in [0.5, 0.6) is 0 Å². The summed E-state index contributed by atoms with van der Waals surface area (Å²) in [5.41, 5.74) is 21.0. The van der Waals surface area contributed by atoms with Crippen LogP contribution in [-0.4, -0.2) is 0 Å². The molecule has 0 heterocycles. The van der Waals surface area contributed by atoms with Gasteiger partial charge in [-0.05, 0) is 152 Å². The van der Waals surface area contributed by atoms with E-state index in [0.29, 0.717) is 5.56 Å². The highest BCUT2D eigenvalue weighted by Crippen LogP contribution is 2.61. The third-order valence-corrected chi connectivity index (χ3v) is 13.2. The molecule has 2 aliphatic rings. The van der Waals surface area contributed by atoms with Crippen LogP contribution in [0, 0.1) is 11.3 Å². The Kier molecular flexibility index (Phi) is 7.11. The molecule has 2 aliphatic carbocycles. The fourth-order valence-electron chi connectivity index (χ4n) is 10.4. The Morgan fingerprint density at radius 1 is 0.356 bits per heavy atom. The van der Waals surface area contributed by atoms with E-state index in [-0.39, 0.29) is 5.41 Å². The van der Waals surface area contributed by atoms with Gasteiger partial charge in [-0.25, -0.2) is 0 Å². The molecule has 0 radical (unpaired) electrons.